The van der Waals surface area contributed by atoms with Crippen LogP contribution in [0.2, 0.25) is 0 Å². The Balaban J connectivity index is 1.27. The largest absolute Gasteiger partial charge is 0.469 e. The number of fused-ring (bicyclic) bond motifs is 5. The highest BCUT2D eigenvalue weighted by atomic mass is 79.9. The van der Waals surface area contributed by atoms with Gasteiger partial charge in [0.1, 0.15) is 12.2 Å². The average molecular weight is 987 g/mol. The van der Waals surface area contributed by atoms with Crippen LogP contribution in [0.1, 0.15) is 128 Å². The van der Waals surface area contributed by atoms with Gasteiger partial charge in [0.15, 0.2) is 0 Å². The Morgan fingerprint density at radius 2 is 1.28 bits per heavy atom. The second kappa shape index (κ2) is 17.5. The molecule has 2 aromatic rings. The first-order valence-electron chi connectivity index (χ1n) is 19.4. The van der Waals surface area contributed by atoms with E-state index < -0.39 is 0 Å². The van der Waals surface area contributed by atoms with Crippen LogP contribution < -0.4 is 0 Å². The molecule has 0 amide bonds. The lowest BCUT2D eigenvalue weighted by Gasteiger charge is -2.62. The van der Waals surface area contributed by atoms with Crippen LogP contribution in [-0.2, 0) is 40.3 Å². The number of rotatable bonds is 12. The number of hydrogen-bond donors (Lipinski definition) is 0. The van der Waals surface area contributed by atoms with E-state index in [1.54, 1.807) is 0 Å². The second-order valence-corrected chi connectivity index (χ2v) is 19.0. The summed E-state index contributed by atoms with van der Waals surface area (Å²) in [5, 5.41) is 2.76. The van der Waals surface area contributed by atoms with Crippen LogP contribution in [0.4, 0.5) is 0 Å². The quantitative estimate of drug-likeness (QED) is 0.120. The summed E-state index contributed by atoms with van der Waals surface area (Å²) in [7, 11) is 1.47. The van der Waals surface area contributed by atoms with Gasteiger partial charge < -0.3 is 14.2 Å². The lowest BCUT2D eigenvalue weighted by Crippen LogP contribution is -2.59. The van der Waals surface area contributed by atoms with E-state index >= 15 is 0 Å². The molecule has 10 atom stereocenters. The van der Waals surface area contributed by atoms with Crippen molar-refractivity contribution in [1.82, 2.24) is 0 Å². The van der Waals surface area contributed by atoms with Gasteiger partial charge in [0, 0.05) is 33.7 Å². The van der Waals surface area contributed by atoms with Crippen molar-refractivity contribution in [3.63, 3.8) is 0 Å². The number of esters is 3. The van der Waals surface area contributed by atoms with Crippen LogP contribution in [0.5, 0.6) is 0 Å². The van der Waals surface area contributed by atoms with Gasteiger partial charge in [-0.1, -0.05) is 96.6 Å². The summed E-state index contributed by atoms with van der Waals surface area (Å²) in [6.45, 7) is 7.30. The van der Waals surface area contributed by atoms with E-state index in [0.717, 1.165) is 65.0 Å². The van der Waals surface area contributed by atoms with Gasteiger partial charge in [-0.05, 0) is 145 Å². The van der Waals surface area contributed by atoms with Crippen molar-refractivity contribution < 1.29 is 28.6 Å². The highest BCUT2D eigenvalue weighted by molar-refractivity contribution is 9.09. The van der Waals surface area contributed by atoms with E-state index in [4.69, 9.17) is 14.2 Å². The minimum Gasteiger partial charge on any atom is -0.469 e. The number of alkyl halides is 4. The molecule has 4 fully saturated rings. The molecule has 0 aromatic heterocycles. The smallest absolute Gasteiger partial charge is 0.338 e. The molecule has 4 saturated carbocycles. The molecule has 53 heavy (non-hydrogen) atoms. The normalized spacial score (nSPS) is 32.5. The monoisotopic (exact) mass is 982 g/mol. The summed E-state index contributed by atoms with van der Waals surface area (Å²) in [5.41, 5.74) is 5.74. The molecule has 0 saturated heterocycles. The summed E-state index contributed by atoms with van der Waals surface area (Å²) in [6.07, 6.45) is 8.81. The molecular formula is C43H54Br4O6. The molecule has 0 radical (unpaired) electrons. The average Bonchev–Trinajstić information content (AvgIpc) is 3.53. The Bertz CT molecular complexity index is 1660. The Kier molecular flexibility index (Phi) is 13.7. The maximum absolute atomic E-state index is 14.1. The van der Waals surface area contributed by atoms with E-state index in [9.17, 15) is 14.4 Å². The summed E-state index contributed by atoms with van der Waals surface area (Å²) >= 11 is 14.3. The maximum atomic E-state index is 14.1. The molecule has 6 nitrogen and oxygen atoms in total. The number of hydrogen-bond acceptors (Lipinski definition) is 6. The predicted octanol–water partition coefficient (Wildman–Crippen LogP) is 11.9. The van der Waals surface area contributed by atoms with Crippen molar-refractivity contribution in [2.45, 2.75) is 119 Å². The molecule has 0 heterocycles. The topological polar surface area (TPSA) is 78.9 Å². The SMILES string of the molecule is COC(=O)CC[C@@H](C)[C@H]1CC[C@H]2[C@@H]3C[C@H](OC(=O)c4ccc(CBr)c(CBr)c4)[C@@H]4C[C@H](OC(=O)c5ccc(CBr)c(CBr)c5)CC[C@]4(C)[C@H]3CC[C@]12C. The molecule has 4 aliphatic rings. The van der Waals surface area contributed by atoms with Gasteiger partial charge in [0.2, 0.25) is 0 Å². The van der Waals surface area contributed by atoms with Crippen molar-refractivity contribution in [1.29, 1.82) is 0 Å². The molecule has 0 bridgehead atoms. The van der Waals surface area contributed by atoms with Crippen LogP contribution in [0.25, 0.3) is 0 Å². The standard InChI is InChI=1S/C43H54Br4O6/c1-25(5-12-39(48)51-4)34-10-11-35-33-20-38(53-41(50)27-7-9-29(22-45)31(18-27)24-47)37-19-32(13-15-43(37,3)36(33)14-16-42(34,35)2)52-40(49)26-6-8-28(21-44)30(17-26)23-46/h6-9,17-18,25,32-38H,5,10-16,19-24H2,1-4H3/t25-,32-,33+,34-,35+,36+,37+,38+,42-,43-/m1/s1. The highest BCUT2D eigenvalue weighted by Gasteiger charge is 2.63. The molecule has 0 unspecified atom stereocenters. The fourth-order valence-corrected chi connectivity index (χ4v) is 13.7. The molecule has 2 aromatic carbocycles. The molecular weight excluding hydrogens is 932 g/mol. The first-order valence-corrected chi connectivity index (χ1v) is 23.8. The lowest BCUT2D eigenvalue weighted by atomic mass is 9.43. The number of benzene rings is 2. The minimum absolute atomic E-state index is 0.0335. The third-order valence-electron chi connectivity index (χ3n) is 14.4. The molecule has 290 valence electrons. The first kappa shape index (κ1) is 41.4. The fraction of sp³-hybridized carbons (Fsp3) is 0.651. The van der Waals surface area contributed by atoms with Crippen molar-refractivity contribution >= 4 is 81.6 Å². The van der Waals surface area contributed by atoms with Crippen LogP contribution in [0.15, 0.2) is 36.4 Å². The summed E-state index contributed by atoms with van der Waals surface area (Å²) in [4.78, 5) is 39.7. The molecule has 4 aliphatic carbocycles. The Labute approximate surface area is 349 Å². The van der Waals surface area contributed by atoms with Crippen LogP contribution in [0, 0.1) is 46.3 Å². The summed E-state index contributed by atoms with van der Waals surface area (Å²) in [6, 6.07) is 11.6. The fourth-order valence-electron chi connectivity index (χ4n) is 11.5. The Morgan fingerprint density at radius 3 is 1.87 bits per heavy atom. The number of carbonyl (C=O) groups is 3. The maximum Gasteiger partial charge on any atom is 0.338 e. The van der Waals surface area contributed by atoms with Crippen LogP contribution in [0.3, 0.4) is 0 Å². The van der Waals surface area contributed by atoms with Gasteiger partial charge in [-0.15, -0.1) is 0 Å². The van der Waals surface area contributed by atoms with Crippen molar-refractivity contribution in [2.75, 3.05) is 7.11 Å². The zero-order valence-electron chi connectivity index (χ0n) is 31.4. The third kappa shape index (κ3) is 8.28. The van der Waals surface area contributed by atoms with E-state index in [1.807, 2.05) is 36.4 Å². The molecule has 6 rings (SSSR count). The van der Waals surface area contributed by atoms with E-state index in [-0.39, 0.29) is 46.9 Å². The van der Waals surface area contributed by atoms with Crippen molar-refractivity contribution in [3.8, 4) is 0 Å². The minimum atomic E-state index is -0.287. The van der Waals surface area contributed by atoms with Gasteiger partial charge in [-0.3, -0.25) is 4.79 Å². The van der Waals surface area contributed by atoms with Gasteiger partial charge in [0.25, 0.3) is 0 Å². The number of ether oxygens (including phenoxy) is 3. The van der Waals surface area contributed by atoms with Gasteiger partial charge >= 0.3 is 17.9 Å². The zero-order chi connectivity index (χ0) is 38.1. The highest BCUT2D eigenvalue weighted by Crippen LogP contribution is 2.69. The lowest BCUT2D eigenvalue weighted by molar-refractivity contribution is -0.174. The molecule has 0 spiro atoms. The van der Waals surface area contributed by atoms with E-state index in [1.165, 1.54) is 26.4 Å². The Hall–Kier alpha value is -1.23. The second-order valence-electron chi connectivity index (χ2n) is 16.8. The van der Waals surface area contributed by atoms with Gasteiger partial charge in [-0.25, -0.2) is 9.59 Å². The summed E-state index contributed by atoms with van der Waals surface area (Å²) < 4.78 is 18.0. The van der Waals surface area contributed by atoms with E-state index in [2.05, 4.69) is 84.5 Å². The van der Waals surface area contributed by atoms with Crippen LogP contribution >= 0.6 is 63.7 Å². The number of carbonyl (C=O) groups excluding carboxylic acids is 3. The van der Waals surface area contributed by atoms with Gasteiger partial charge in [-0.2, -0.15) is 0 Å². The predicted molar refractivity (Wildman–Crippen MR) is 223 cm³/mol. The van der Waals surface area contributed by atoms with Gasteiger partial charge in [0.05, 0.1) is 18.2 Å². The third-order valence-corrected chi connectivity index (χ3v) is 16.8. The summed E-state index contributed by atoms with van der Waals surface area (Å²) in [5.74, 6) is 1.93. The first-order chi connectivity index (χ1) is 25.4. The van der Waals surface area contributed by atoms with Crippen LogP contribution in [-0.4, -0.2) is 37.2 Å². The number of methoxy groups -OCH3 is 1. The molecule has 0 N–H and O–H groups in total. The van der Waals surface area contributed by atoms with Crippen molar-refractivity contribution in [3.05, 3.63) is 69.8 Å². The zero-order valence-corrected chi connectivity index (χ0v) is 37.8. The number of halogens is 4. The van der Waals surface area contributed by atoms with Crippen molar-refractivity contribution in [2.24, 2.45) is 46.3 Å². The molecule has 0 aliphatic heterocycles. The Morgan fingerprint density at radius 1 is 0.717 bits per heavy atom. The van der Waals surface area contributed by atoms with E-state index in [0.29, 0.717) is 64.2 Å². The molecule has 10 heteroatoms.